The van der Waals surface area contributed by atoms with Crippen LogP contribution in [0.3, 0.4) is 0 Å². The Hall–Kier alpha value is -1.62. The summed E-state index contributed by atoms with van der Waals surface area (Å²) in [6, 6.07) is 6.64. The van der Waals surface area contributed by atoms with E-state index in [0.717, 1.165) is 41.2 Å². The molecule has 0 radical (unpaired) electrons. The largest absolute Gasteiger partial charge is 0.302 e. The van der Waals surface area contributed by atoms with Gasteiger partial charge in [-0.15, -0.1) is 16.8 Å². The van der Waals surface area contributed by atoms with Crippen LogP contribution in [-0.2, 0) is 18.7 Å². The number of benzene rings is 1. The molecule has 1 heterocycles. The molecule has 0 N–H and O–H groups in total. The highest BCUT2D eigenvalue weighted by Gasteiger charge is 2.19. The zero-order valence-corrected chi connectivity index (χ0v) is 14.8. The van der Waals surface area contributed by atoms with E-state index >= 15 is 0 Å². The lowest BCUT2D eigenvalue weighted by Crippen LogP contribution is -2.13. The second-order valence-corrected chi connectivity index (χ2v) is 7.36. The van der Waals surface area contributed by atoms with Crippen LogP contribution in [0.1, 0.15) is 43.5 Å². The molecule has 3 nitrogen and oxygen atoms in total. The number of rotatable bonds is 7. The van der Waals surface area contributed by atoms with Crippen LogP contribution < -0.4 is 0 Å². The number of hydrogen-bond acceptors (Lipinski definition) is 3. The van der Waals surface area contributed by atoms with Crippen LogP contribution >= 0.6 is 11.8 Å². The van der Waals surface area contributed by atoms with Crippen LogP contribution in [0.25, 0.3) is 0 Å². The third-order valence-corrected chi connectivity index (χ3v) is 5.62. The highest BCUT2D eigenvalue weighted by atomic mass is 32.2. The molecular formula is C19H24FN3S. The van der Waals surface area contributed by atoms with E-state index in [1.54, 1.807) is 11.8 Å². The summed E-state index contributed by atoms with van der Waals surface area (Å²) in [4.78, 5) is 0. The van der Waals surface area contributed by atoms with Gasteiger partial charge in [-0.3, -0.25) is 0 Å². The van der Waals surface area contributed by atoms with E-state index in [4.69, 9.17) is 0 Å². The van der Waals surface area contributed by atoms with Gasteiger partial charge in [-0.25, -0.2) is 4.39 Å². The highest BCUT2D eigenvalue weighted by Crippen LogP contribution is 2.28. The third kappa shape index (κ3) is 4.47. The molecule has 24 heavy (non-hydrogen) atoms. The van der Waals surface area contributed by atoms with Crippen LogP contribution in [-0.4, -0.2) is 14.8 Å². The normalized spacial score (nSPS) is 15.5. The fourth-order valence-corrected chi connectivity index (χ4v) is 4.19. The summed E-state index contributed by atoms with van der Waals surface area (Å²) >= 11 is 1.65. The predicted molar refractivity (Wildman–Crippen MR) is 96.5 cm³/mol. The first-order chi connectivity index (χ1) is 11.8. The van der Waals surface area contributed by atoms with Crippen molar-refractivity contribution in [1.82, 2.24) is 14.8 Å². The van der Waals surface area contributed by atoms with E-state index in [2.05, 4.69) is 21.3 Å². The van der Waals surface area contributed by atoms with Crippen molar-refractivity contribution in [3.63, 3.8) is 0 Å². The monoisotopic (exact) mass is 345 g/mol. The molecule has 0 atom stereocenters. The molecule has 1 aromatic heterocycles. The molecule has 1 aromatic carbocycles. The number of hydrogen-bond donors (Lipinski definition) is 0. The van der Waals surface area contributed by atoms with Crippen molar-refractivity contribution in [3.05, 3.63) is 54.1 Å². The molecule has 1 saturated carbocycles. The average molecular weight is 345 g/mol. The van der Waals surface area contributed by atoms with Gasteiger partial charge in [0.25, 0.3) is 0 Å². The molecule has 3 rings (SSSR count). The van der Waals surface area contributed by atoms with Gasteiger partial charge in [0.05, 0.1) is 0 Å². The Balaban J connectivity index is 1.67. The topological polar surface area (TPSA) is 30.7 Å². The minimum Gasteiger partial charge on any atom is -0.302 e. The molecule has 1 fully saturated rings. The molecule has 2 aromatic rings. The summed E-state index contributed by atoms with van der Waals surface area (Å²) < 4.78 is 15.2. The number of allylic oxidation sites excluding steroid dienone is 1. The summed E-state index contributed by atoms with van der Waals surface area (Å²) in [6.45, 7) is 4.60. The number of aromatic nitrogens is 3. The lowest BCUT2D eigenvalue weighted by Gasteiger charge is -2.21. The Morgan fingerprint density at radius 2 is 1.92 bits per heavy atom. The summed E-state index contributed by atoms with van der Waals surface area (Å²) in [5.41, 5.74) is 1.09. The van der Waals surface area contributed by atoms with E-state index in [9.17, 15) is 4.39 Å². The van der Waals surface area contributed by atoms with Crippen molar-refractivity contribution in [2.24, 2.45) is 5.92 Å². The Labute approximate surface area is 147 Å². The second-order valence-electron chi connectivity index (χ2n) is 6.42. The van der Waals surface area contributed by atoms with Crippen molar-refractivity contribution in [1.29, 1.82) is 0 Å². The van der Waals surface area contributed by atoms with E-state index < -0.39 is 0 Å². The van der Waals surface area contributed by atoms with Crippen LogP contribution in [0.15, 0.2) is 42.1 Å². The second kappa shape index (κ2) is 8.47. The molecule has 0 bridgehead atoms. The van der Waals surface area contributed by atoms with Gasteiger partial charge < -0.3 is 4.57 Å². The summed E-state index contributed by atoms with van der Waals surface area (Å²) in [5.74, 6) is 2.37. The smallest absolute Gasteiger partial charge is 0.191 e. The number of halogens is 1. The van der Waals surface area contributed by atoms with Gasteiger partial charge in [-0.1, -0.05) is 62.1 Å². The van der Waals surface area contributed by atoms with Crippen molar-refractivity contribution < 1.29 is 4.39 Å². The van der Waals surface area contributed by atoms with Crippen LogP contribution in [0, 0.1) is 11.7 Å². The maximum atomic E-state index is 13.0. The first-order valence-corrected chi connectivity index (χ1v) is 9.65. The summed E-state index contributed by atoms with van der Waals surface area (Å²) in [6.07, 6.45) is 9.57. The minimum atomic E-state index is -0.201. The lowest BCUT2D eigenvalue weighted by atomic mass is 9.87. The van der Waals surface area contributed by atoms with Crippen molar-refractivity contribution in [2.45, 2.75) is 56.0 Å². The van der Waals surface area contributed by atoms with Crippen molar-refractivity contribution >= 4 is 11.8 Å². The highest BCUT2D eigenvalue weighted by molar-refractivity contribution is 7.98. The number of thioether (sulfide) groups is 1. The fourth-order valence-electron chi connectivity index (χ4n) is 3.27. The molecule has 0 amide bonds. The molecule has 0 spiro atoms. The molecule has 0 aliphatic heterocycles. The predicted octanol–water partition coefficient (Wildman–Crippen LogP) is 5.02. The van der Waals surface area contributed by atoms with Gasteiger partial charge in [0.15, 0.2) is 5.16 Å². The zero-order chi connectivity index (χ0) is 16.8. The van der Waals surface area contributed by atoms with Crippen LogP contribution in [0.4, 0.5) is 4.39 Å². The van der Waals surface area contributed by atoms with Crippen molar-refractivity contribution in [3.8, 4) is 0 Å². The summed E-state index contributed by atoms with van der Waals surface area (Å²) in [5, 5.41) is 9.75. The van der Waals surface area contributed by atoms with Gasteiger partial charge >= 0.3 is 0 Å². The van der Waals surface area contributed by atoms with Gasteiger partial charge in [0, 0.05) is 18.7 Å². The first kappa shape index (κ1) is 17.2. The quantitative estimate of drug-likeness (QED) is 0.521. The van der Waals surface area contributed by atoms with E-state index in [1.807, 2.05) is 18.2 Å². The molecule has 1 aliphatic carbocycles. The van der Waals surface area contributed by atoms with Gasteiger partial charge in [0.1, 0.15) is 11.6 Å². The van der Waals surface area contributed by atoms with Gasteiger partial charge in [-0.05, 0) is 23.6 Å². The SMILES string of the molecule is C=CCn1c(CC2CCCCC2)nnc1SCc1ccc(F)cc1. The zero-order valence-electron chi connectivity index (χ0n) is 14.0. The molecule has 0 saturated heterocycles. The van der Waals surface area contributed by atoms with E-state index in [1.165, 1.54) is 44.2 Å². The van der Waals surface area contributed by atoms with E-state index in [0.29, 0.717) is 0 Å². The Morgan fingerprint density at radius 1 is 1.17 bits per heavy atom. The molecular weight excluding hydrogens is 321 g/mol. The van der Waals surface area contributed by atoms with E-state index in [-0.39, 0.29) is 5.82 Å². The van der Waals surface area contributed by atoms with Crippen LogP contribution in [0.2, 0.25) is 0 Å². The Morgan fingerprint density at radius 3 is 2.62 bits per heavy atom. The van der Waals surface area contributed by atoms with Gasteiger partial charge in [0.2, 0.25) is 0 Å². The summed E-state index contributed by atoms with van der Waals surface area (Å²) in [7, 11) is 0. The molecule has 128 valence electrons. The lowest BCUT2D eigenvalue weighted by molar-refractivity contribution is 0.347. The maximum Gasteiger partial charge on any atom is 0.191 e. The number of nitrogens with zero attached hydrogens (tertiary/aromatic N) is 3. The maximum absolute atomic E-state index is 13.0. The molecule has 5 heteroatoms. The first-order valence-electron chi connectivity index (χ1n) is 8.66. The average Bonchev–Trinajstić information content (AvgIpc) is 2.98. The molecule has 0 unspecified atom stereocenters. The molecule has 1 aliphatic rings. The standard InChI is InChI=1S/C19H24FN3S/c1-2-12-23-18(13-15-6-4-3-5-7-15)21-22-19(23)24-14-16-8-10-17(20)11-9-16/h2,8-11,15H,1,3-7,12-14H2. The fraction of sp³-hybridized carbons (Fsp3) is 0.474. The Bertz CT molecular complexity index is 660. The minimum absolute atomic E-state index is 0.201. The third-order valence-electron chi connectivity index (χ3n) is 4.58. The van der Waals surface area contributed by atoms with Crippen molar-refractivity contribution in [2.75, 3.05) is 0 Å². The van der Waals surface area contributed by atoms with Gasteiger partial charge in [-0.2, -0.15) is 0 Å². The van der Waals surface area contributed by atoms with Crippen LogP contribution in [0.5, 0.6) is 0 Å². The Kier molecular flexibility index (Phi) is 6.07.